The average molecular weight is 413 g/mol. The first-order valence-corrected chi connectivity index (χ1v) is 9.68. The molecule has 2 heterocycles. The largest absolute Gasteiger partial charge is 0.301 e. The molecule has 0 bridgehead atoms. The Morgan fingerprint density at radius 2 is 2.00 bits per heavy atom. The van der Waals surface area contributed by atoms with Crippen LogP contribution in [0.15, 0.2) is 24.4 Å². The highest BCUT2D eigenvalue weighted by atomic mass is 35.5. The first-order valence-electron chi connectivity index (χ1n) is 8.24. The van der Waals surface area contributed by atoms with Gasteiger partial charge in [-0.25, -0.2) is 0 Å². The van der Waals surface area contributed by atoms with E-state index in [1.165, 1.54) is 4.31 Å². The lowest BCUT2D eigenvalue weighted by Gasteiger charge is -2.21. The molecule has 1 fully saturated rings. The number of hydrogen-bond acceptors (Lipinski definition) is 4. The number of nitrogens with one attached hydrogen (secondary N) is 1. The van der Waals surface area contributed by atoms with Crippen molar-refractivity contribution in [1.29, 1.82) is 0 Å². The molecule has 146 valence electrons. The van der Waals surface area contributed by atoms with Gasteiger partial charge in [0.1, 0.15) is 0 Å². The summed E-state index contributed by atoms with van der Waals surface area (Å²) in [5.41, 5.74) is 1.08. The number of halogens is 2. The van der Waals surface area contributed by atoms with Crippen LogP contribution in [0.25, 0.3) is 0 Å². The third-order valence-electron chi connectivity index (χ3n) is 4.37. The molecule has 0 spiro atoms. The summed E-state index contributed by atoms with van der Waals surface area (Å²) >= 11 is 0. The van der Waals surface area contributed by atoms with Gasteiger partial charge in [0.05, 0.1) is 0 Å². The van der Waals surface area contributed by atoms with Gasteiger partial charge in [-0.1, -0.05) is 19.4 Å². The van der Waals surface area contributed by atoms with E-state index < -0.39 is 10.2 Å². The zero-order valence-corrected chi connectivity index (χ0v) is 17.5. The molecule has 0 aromatic carbocycles. The molecule has 2 atom stereocenters. The number of pyridine rings is 1. The van der Waals surface area contributed by atoms with Gasteiger partial charge in [0.25, 0.3) is 10.2 Å². The van der Waals surface area contributed by atoms with Crippen molar-refractivity contribution < 1.29 is 8.42 Å². The van der Waals surface area contributed by atoms with Gasteiger partial charge in [-0.3, -0.25) is 4.98 Å². The van der Waals surface area contributed by atoms with Crippen LogP contribution in [0.4, 0.5) is 0 Å². The van der Waals surface area contributed by atoms with E-state index >= 15 is 0 Å². The molecule has 0 aliphatic carbocycles. The Labute approximate surface area is 164 Å². The van der Waals surface area contributed by atoms with Crippen molar-refractivity contribution in [2.45, 2.75) is 32.2 Å². The monoisotopic (exact) mass is 412 g/mol. The summed E-state index contributed by atoms with van der Waals surface area (Å²) in [6, 6.07) is 5.94. The molecule has 1 aliphatic heterocycles. The van der Waals surface area contributed by atoms with E-state index in [1.807, 2.05) is 24.4 Å². The summed E-state index contributed by atoms with van der Waals surface area (Å²) in [5, 5.41) is 0. The van der Waals surface area contributed by atoms with Crippen LogP contribution in [0.3, 0.4) is 0 Å². The van der Waals surface area contributed by atoms with Gasteiger partial charge in [-0.2, -0.15) is 17.4 Å². The lowest BCUT2D eigenvalue weighted by atomic mass is 9.99. The van der Waals surface area contributed by atoms with E-state index in [0.717, 1.165) is 44.6 Å². The number of nitrogens with zero attached hydrogens (tertiary/aromatic N) is 3. The highest BCUT2D eigenvalue weighted by molar-refractivity contribution is 7.87. The molecule has 0 amide bonds. The standard InChI is InChI=1S/C16H28N4O2S.2ClH/c1-4-7-14-12-20(11-9-15-8-5-6-10-17-15)13-16(14)18-23(21,22)19(2)3;;/h5-6,8,10,14,16,18H,4,7,9,11-13H2,1-3H3;2*1H/t14-,16-;;/m0../s1. The molecule has 1 saturated heterocycles. The quantitative estimate of drug-likeness (QED) is 0.708. The fourth-order valence-electron chi connectivity index (χ4n) is 3.06. The van der Waals surface area contributed by atoms with Crippen LogP contribution in [0, 0.1) is 5.92 Å². The van der Waals surface area contributed by atoms with E-state index in [2.05, 4.69) is 21.5 Å². The van der Waals surface area contributed by atoms with E-state index in [1.54, 1.807) is 14.1 Å². The summed E-state index contributed by atoms with van der Waals surface area (Å²) in [5.74, 6) is 0.374. The van der Waals surface area contributed by atoms with Crippen molar-refractivity contribution in [2.24, 2.45) is 5.92 Å². The smallest absolute Gasteiger partial charge is 0.279 e. The Kier molecular flexibility index (Phi) is 11.1. The second-order valence-electron chi connectivity index (χ2n) is 6.39. The van der Waals surface area contributed by atoms with Crippen LogP contribution in [-0.4, -0.2) is 62.4 Å². The number of aromatic nitrogens is 1. The van der Waals surface area contributed by atoms with Gasteiger partial charge >= 0.3 is 0 Å². The van der Waals surface area contributed by atoms with Gasteiger partial charge in [0.15, 0.2) is 0 Å². The maximum Gasteiger partial charge on any atom is 0.279 e. The third kappa shape index (κ3) is 7.37. The van der Waals surface area contributed by atoms with Gasteiger partial charge < -0.3 is 4.90 Å². The average Bonchev–Trinajstić information content (AvgIpc) is 2.88. The Bertz CT molecular complexity index is 587. The molecule has 9 heteroatoms. The predicted octanol–water partition coefficient (Wildman–Crippen LogP) is 1.96. The lowest BCUT2D eigenvalue weighted by Crippen LogP contribution is -2.45. The number of likely N-dealkylation sites (tertiary alicyclic amines) is 1. The molecule has 0 radical (unpaired) electrons. The molecular weight excluding hydrogens is 383 g/mol. The minimum atomic E-state index is -3.38. The molecule has 0 unspecified atom stereocenters. The van der Waals surface area contributed by atoms with E-state index in [0.29, 0.717) is 5.92 Å². The molecule has 1 aromatic rings. The summed E-state index contributed by atoms with van der Waals surface area (Å²) < 4.78 is 28.3. The van der Waals surface area contributed by atoms with Crippen molar-refractivity contribution in [1.82, 2.24) is 18.9 Å². The lowest BCUT2D eigenvalue weighted by molar-refractivity contribution is 0.323. The van der Waals surface area contributed by atoms with Crippen LogP contribution in [0.2, 0.25) is 0 Å². The molecule has 1 aromatic heterocycles. The second kappa shape index (κ2) is 11.3. The van der Waals surface area contributed by atoms with Crippen molar-refractivity contribution in [3.63, 3.8) is 0 Å². The van der Waals surface area contributed by atoms with Crippen molar-refractivity contribution in [2.75, 3.05) is 33.7 Å². The summed E-state index contributed by atoms with van der Waals surface area (Å²) in [4.78, 5) is 6.70. The number of rotatable bonds is 8. The fourth-order valence-corrected chi connectivity index (χ4v) is 3.92. The van der Waals surface area contributed by atoms with Crippen molar-refractivity contribution in [3.8, 4) is 0 Å². The Morgan fingerprint density at radius 1 is 1.28 bits per heavy atom. The maximum absolute atomic E-state index is 12.1. The second-order valence-corrected chi connectivity index (χ2v) is 8.31. The van der Waals surface area contributed by atoms with Crippen molar-refractivity contribution in [3.05, 3.63) is 30.1 Å². The normalized spacial score (nSPS) is 21.0. The number of hydrogen-bond donors (Lipinski definition) is 1. The van der Waals surface area contributed by atoms with Crippen molar-refractivity contribution >= 4 is 35.0 Å². The zero-order chi connectivity index (χ0) is 16.9. The zero-order valence-electron chi connectivity index (χ0n) is 15.1. The van der Waals surface area contributed by atoms with Gasteiger partial charge in [-0.15, -0.1) is 24.8 Å². The predicted molar refractivity (Wildman–Crippen MR) is 107 cm³/mol. The molecular formula is C16H30Cl2N4O2S. The minimum absolute atomic E-state index is 0. The first-order chi connectivity index (χ1) is 10.9. The highest BCUT2D eigenvalue weighted by Gasteiger charge is 2.34. The first kappa shape index (κ1) is 24.6. The molecule has 1 aliphatic rings. The Morgan fingerprint density at radius 3 is 2.56 bits per heavy atom. The van der Waals surface area contributed by atoms with Crippen LogP contribution >= 0.6 is 24.8 Å². The fraction of sp³-hybridized carbons (Fsp3) is 0.688. The molecule has 2 rings (SSSR count). The topological polar surface area (TPSA) is 65.5 Å². The van der Waals surface area contributed by atoms with Gasteiger partial charge in [0, 0.05) is 58.1 Å². The minimum Gasteiger partial charge on any atom is -0.301 e. The van der Waals surface area contributed by atoms with E-state index in [9.17, 15) is 8.42 Å². The highest BCUT2D eigenvalue weighted by Crippen LogP contribution is 2.22. The van der Waals surface area contributed by atoms with Crippen LogP contribution in [-0.2, 0) is 16.6 Å². The van der Waals surface area contributed by atoms with Gasteiger partial charge in [0.2, 0.25) is 0 Å². The summed E-state index contributed by atoms with van der Waals surface area (Å²) in [6.45, 7) is 4.78. The molecule has 1 N–H and O–H groups in total. The summed E-state index contributed by atoms with van der Waals surface area (Å²) in [6.07, 6.45) is 4.82. The molecule has 6 nitrogen and oxygen atoms in total. The van der Waals surface area contributed by atoms with Crippen LogP contribution < -0.4 is 4.72 Å². The summed E-state index contributed by atoms with van der Waals surface area (Å²) in [7, 11) is -0.258. The molecule has 25 heavy (non-hydrogen) atoms. The van der Waals surface area contributed by atoms with Crippen LogP contribution in [0.1, 0.15) is 25.5 Å². The third-order valence-corrected chi connectivity index (χ3v) is 5.93. The van der Waals surface area contributed by atoms with E-state index in [4.69, 9.17) is 0 Å². The SMILES string of the molecule is CCC[C@H]1CN(CCc2ccccn2)C[C@@H]1NS(=O)(=O)N(C)C.Cl.Cl. The maximum atomic E-state index is 12.1. The van der Waals surface area contributed by atoms with Crippen LogP contribution in [0.5, 0.6) is 0 Å². The molecule has 0 saturated carbocycles. The van der Waals surface area contributed by atoms with E-state index in [-0.39, 0.29) is 30.9 Å². The van der Waals surface area contributed by atoms with Gasteiger partial charge in [-0.05, 0) is 24.5 Å². The Hall–Kier alpha value is -0.440. The Balaban J connectivity index is 0.00000288.